The Morgan fingerprint density at radius 2 is 1.69 bits per heavy atom. The number of phenols is 1. The first-order valence-corrected chi connectivity index (χ1v) is 9.46. The van der Waals surface area contributed by atoms with Crippen molar-refractivity contribution in [1.82, 2.24) is 4.57 Å². The number of rotatable bonds is 5. The highest BCUT2D eigenvalue weighted by Crippen LogP contribution is 2.30. The van der Waals surface area contributed by atoms with Crippen LogP contribution in [0.15, 0.2) is 85.1 Å². The van der Waals surface area contributed by atoms with Crippen molar-refractivity contribution in [1.29, 1.82) is 0 Å². The maximum absolute atomic E-state index is 12.5. The van der Waals surface area contributed by atoms with Gasteiger partial charge in [-0.1, -0.05) is 54.1 Å². The first-order chi connectivity index (χ1) is 14.0. The molecule has 0 fully saturated rings. The minimum Gasteiger partial charge on any atom is -0.507 e. The molecule has 144 valence electrons. The van der Waals surface area contributed by atoms with E-state index in [1.54, 1.807) is 30.5 Å². The fraction of sp³-hybridized carbons (Fsp3) is 0.0417. The Bertz CT molecular complexity index is 1230. The van der Waals surface area contributed by atoms with Gasteiger partial charge in [0.05, 0.1) is 5.56 Å². The Morgan fingerprint density at radius 1 is 0.966 bits per heavy atom. The van der Waals surface area contributed by atoms with Gasteiger partial charge in [0.1, 0.15) is 11.5 Å². The predicted octanol–water partition coefficient (Wildman–Crippen LogP) is 5.83. The van der Waals surface area contributed by atoms with Crippen LogP contribution in [0.3, 0.4) is 0 Å². The number of nitrogens with zero attached hydrogens (tertiary/aromatic N) is 1. The highest BCUT2D eigenvalue weighted by atomic mass is 35.5. The van der Waals surface area contributed by atoms with E-state index in [0.29, 0.717) is 17.1 Å². The molecule has 0 amide bonds. The lowest BCUT2D eigenvalue weighted by Gasteiger charge is -2.05. The number of aromatic hydroxyl groups is 1. The van der Waals surface area contributed by atoms with Gasteiger partial charge in [0.25, 0.3) is 0 Å². The average Bonchev–Trinajstić information content (AvgIpc) is 3.06. The molecule has 3 aromatic carbocycles. The number of carbonyl (C=O) groups is 1. The summed E-state index contributed by atoms with van der Waals surface area (Å²) in [6.45, 7) is 0.611. The van der Waals surface area contributed by atoms with E-state index in [-0.39, 0.29) is 17.1 Å². The van der Waals surface area contributed by atoms with Crippen LogP contribution >= 0.6 is 11.6 Å². The Morgan fingerprint density at radius 3 is 2.45 bits per heavy atom. The molecule has 0 radical (unpaired) electrons. The van der Waals surface area contributed by atoms with Crippen molar-refractivity contribution < 1.29 is 15.0 Å². The van der Waals surface area contributed by atoms with Gasteiger partial charge in [0, 0.05) is 40.3 Å². The quantitative estimate of drug-likeness (QED) is 0.250. The van der Waals surface area contributed by atoms with E-state index in [4.69, 9.17) is 11.6 Å². The number of phenolic OH excluding ortho intramolecular Hbond substituents is 1. The van der Waals surface area contributed by atoms with Gasteiger partial charge < -0.3 is 14.8 Å². The van der Waals surface area contributed by atoms with E-state index in [0.717, 1.165) is 22.5 Å². The van der Waals surface area contributed by atoms with E-state index in [1.165, 1.54) is 12.1 Å². The van der Waals surface area contributed by atoms with Crippen molar-refractivity contribution in [3.8, 4) is 5.75 Å². The SMILES string of the molecule is O=C(C=C(O)c1cn(Cc2ccccc2)c2ccc(Cl)cc12)c1ccccc1O. The molecule has 4 rings (SSSR count). The van der Waals surface area contributed by atoms with Crippen LogP contribution in [0, 0.1) is 0 Å². The summed E-state index contributed by atoms with van der Waals surface area (Å²) in [5.41, 5.74) is 2.63. The third-order valence-corrected chi connectivity index (χ3v) is 4.99. The number of benzene rings is 3. The zero-order valence-corrected chi connectivity index (χ0v) is 16.2. The molecular formula is C24H18ClNO3. The number of ketones is 1. The highest BCUT2D eigenvalue weighted by Gasteiger charge is 2.15. The van der Waals surface area contributed by atoms with Crippen molar-refractivity contribution in [3.05, 3.63) is 107 Å². The molecule has 29 heavy (non-hydrogen) atoms. The van der Waals surface area contributed by atoms with Gasteiger partial charge in [-0.15, -0.1) is 0 Å². The monoisotopic (exact) mass is 403 g/mol. The molecule has 0 aliphatic heterocycles. The zero-order chi connectivity index (χ0) is 20.4. The second-order valence-electron chi connectivity index (χ2n) is 6.73. The Kier molecular flexibility index (Phi) is 5.10. The number of carbonyl (C=O) groups excluding carboxylic acids is 1. The minimum absolute atomic E-state index is 0.129. The number of hydrogen-bond acceptors (Lipinski definition) is 3. The van der Waals surface area contributed by atoms with Crippen LogP contribution in [-0.4, -0.2) is 20.6 Å². The number of halogens is 1. The van der Waals surface area contributed by atoms with Crippen LogP contribution in [0.5, 0.6) is 5.75 Å². The van der Waals surface area contributed by atoms with E-state index in [2.05, 4.69) is 0 Å². The zero-order valence-electron chi connectivity index (χ0n) is 15.4. The van der Waals surface area contributed by atoms with Crippen molar-refractivity contribution in [2.75, 3.05) is 0 Å². The molecule has 2 N–H and O–H groups in total. The largest absolute Gasteiger partial charge is 0.507 e. The molecule has 1 aromatic heterocycles. The lowest BCUT2D eigenvalue weighted by molar-refractivity contribution is 0.104. The van der Waals surface area contributed by atoms with Crippen LogP contribution in [0.4, 0.5) is 0 Å². The molecule has 5 heteroatoms. The molecule has 0 saturated carbocycles. The van der Waals surface area contributed by atoms with Gasteiger partial charge in [-0.2, -0.15) is 0 Å². The summed E-state index contributed by atoms with van der Waals surface area (Å²) in [7, 11) is 0. The topological polar surface area (TPSA) is 62.5 Å². The standard InChI is InChI=1S/C24H18ClNO3/c25-17-10-11-21-19(12-17)20(15-26(21)14-16-6-2-1-3-7-16)24(29)13-23(28)18-8-4-5-9-22(18)27/h1-13,15,27,29H,14H2. The van der Waals surface area contributed by atoms with Gasteiger partial charge in [-0.05, 0) is 35.9 Å². The summed E-state index contributed by atoms with van der Waals surface area (Å²) in [4.78, 5) is 12.5. The second-order valence-corrected chi connectivity index (χ2v) is 7.17. The van der Waals surface area contributed by atoms with E-state index in [9.17, 15) is 15.0 Å². The van der Waals surface area contributed by atoms with Crippen LogP contribution in [0.1, 0.15) is 21.5 Å². The molecule has 4 aromatic rings. The van der Waals surface area contributed by atoms with E-state index < -0.39 is 5.78 Å². The van der Waals surface area contributed by atoms with Crippen LogP contribution < -0.4 is 0 Å². The maximum Gasteiger partial charge on any atom is 0.193 e. The molecule has 0 aliphatic carbocycles. The highest BCUT2D eigenvalue weighted by molar-refractivity contribution is 6.31. The molecule has 4 nitrogen and oxygen atoms in total. The summed E-state index contributed by atoms with van der Waals surface area (Å²) >= 11 is 6.18. The summed E-state index contributed by atoms with van der Waals surface area (Å²) in [6, 6.07) is 21.6. The molecule has 0 atom stereocenters. The second kappa shape index (κ2) is 7.86. The van der Waals surface area contributed by atoms with Gasteiger partial charge in [-0.25, -0.2) is 0 Å². The summed E-state index contributed by atoms with van der Waals surface area (Å²) in [5.74, 6) is -0.792. The molecule has 1 heterocycles. The molecule has 0 aliphatic rings. The number of allylic oxidation sites excluding steroid dienone is 1. The Balaban J connectivity index is 1.77. The Labute approximate surface area is 172 Å². The number of aliphatic hydroxyl groups is 1. The van der Waals surface area contributed by atoms with Crippen molar-refractivity contribution in [2.45, 2.75) is 6.54 Å². The number of hydrogen-bond donors (Lipinski definition) is 2. The van der Waals surface area contributed by atoms with E-state index in [1.807, 2.05) is 41.0 Å². The fourth-order valence-corrected chi connectivity index (χ4v) is 3.52. The van der Waals surface area contributed by atoms with E-state index >= 15 is 0 Å². The normalized spacial score (nSPS) is 11.7. The summed E-state index contributed by atoms with van der Waals surface area (Å²) in [5, 5.41) is 21.9. The van der Waals surface area contributed by atoms with Gasteiger partial charge >= 0.3 is 0 Å². The third-order valence-electron chi connectivity index (χ3n) is 4.75. The van der Waals surface area contributed by atoms with Crippen LogP contribution in [-0.2, 0) is 6.54 Å². The number of aliphatic hydroxyl groups excluding tert-OH is 1. The van der Waals surface area contributed by atoms with Crippen molar-refractivity contribution in [3.63, 3.8) is 0 Å². The first kappa shape index (κ1) is 18.8. The fourth-order valence-electron chi connectivity index (χ4n) is 3.35. The maximum atomic E-state index is 12.5. The smallest absolute Gasteiger partial charge is 0.193 e. The predicted molar refractivity (Wildman–Crippen MR) is 116 cm³/mol. The number of para-hydroxylation sites is 1. The number of aromatic nitrogens is 1. The first-order valence-electron chi connectivity index (χ1n) is 9.08. The summed E-state index contributed by atoms with van der Waals surface area (Å²) in [6.07, 6.45) is 2.93. The lowest BCUT2D eigenvalue weighted by Crippen LogP contribution is -1.98. The van der Waals surface area contributed by atoms with Crippen LogP contribution in [0.25, 0.3) is 16.7 Å². The molecule has 0 unspecified atom stereocenters. The molecule has 0 saturated heterocycles. The van der Waals surface area contributed by atoms with Crippen LogP contribution in [0.2, 0.25) is 5.02 Å². The van der Waals surface area contributed by atoms with Gasteiger partial charge in [0.2, 0.25) is 0 Å². The van der Waals surface area contributed by atoms with Crippen molar-refractivity contribution >= 4 is 34.0 Å². The lowest BCUT2D eigenvalue weighted by atomic mass is 10.1. The van der Waals surface area contributed by atoms with Crippen molar-refractivity contribution in [2.24, 2.45) is 0 Å². The average molecular weight is 404 g/mol. The minimum atomic E-state index is -0.480. The molecule has 0 spiro atoms. The third kappa shape index (κ3) is 3.89. The molecule has 0 bridgehead atoms. The van der Waals surface area contributed by atoms with Gasteiger partial charge in [-0.3, -0.25) is 4.79 Å². The number of fused-ring (bicyclic) bond motifs is 1. The molecular weight excluding hydrogens is 386 g/mol. The summed E-state index contributed by atoms with van der Waals surface area (Å²) < 4.78 is 2.00. The Hall–Kier alpha value is -3.50. The van der Waals surface area contributed by atoms with Gasteiger partial charge in [0.15, 0.2) is 5.78 Å².